The highest BCUT2D eigenvalue weighted by Crippen LogP contribution is 2.41. The third-order valence-corrected chi connectivity index (χ3v) is 7.02. The zero-order chi connectivity index (χ0) is 24.3. The maximum absolute atomic E-state index is 11.5. The van der Waals surface area contributed by atoms with Crippen LogP contribution in [0.5, 0.6) is 11.5 Å². The summed E-state index contributed by atoms with van der Waals surface area (Å²) >= 11 is 0. The number of fused-ring (bicyclic) bond motifs is 4. The second-order valence-electron chi connectivity index (χ2n) is 8.29. The van der Waals surface area contributed by atoms with Crippen molar-refractivity contribution in [2.75, 3.05) is 0 Å². The van der Waals surface area contributed by atoms with E-state index in [-0.39, 0.29) is 11.5 Å². The zero-order valence-corrected chi connectivity index (χ0v) is 18.9. The molecule has 5 aromatic carbocycles. The van der Waals surface area contributed by atoms with E-state index in [1.807, 2.05) is 54.6 Å². The van der Waals surface area contributed by atoms with Crippen molar-refractivity contribution in [2.45, 2.75) is 4.90 Å². The van der Waals surface area contributed by atoms with Gasteiger partial charge in [0.1, 0.15) is 22.8 Å². The fraction of sp³-hybridized carbons (Fsp3) is 0. The predicted molar refractivity (Wildman–Crippen MR) is 135 cm³/mol. The molecule has 0 fully saturated rings. The first-order valence-electron chi connectivity index (χ1n) is 10.7. The summed E-state index contributed by atoms with van der Waals surface area (Å²) in [7, 11) is -4.48. The van der Waals surface area contributed by atoms with Gasteiger partial charge in [0.15, 0.2) is 0 Å². The Bertz CT molecular complexity index is 1900. The molecule has 0 spiro atoms. The van der Waals surface area contributed by atoms with Gasteiger partial charge in [-0.2, -0.15) is 8.42 Å². The molecule has 0 aliphatic carbocycles. The summed E-state index contributed by atoms with van der Waals surface area (Å²) in [6, 6.07) is 24.9. The number of aromatic amines is 1. The van der Waals surface area contributed by atoms with Gasteiger partial charge in [-0.25, -0.2) is 4.98 Å². The summed E-state index contributed by atoms with van der Waals surface area (Å²) in [6.07, 6.45) is 0. The van der Waals surface area contributed by atoms with Crippen LogP contribution in [-0.2, 0) is 10.1 Å². The summed E-state index contributed by atoms with van der Waals surface area (Å²) in [5, 5.41) is 24.6. The van der Waals surface area contributed by atoms with Gasteiger partial charge in [0.05, 0.1) is 21.4 Å². The SMILES string of the molecule is O=S(=O)(O)c1cc(O)c2c(ccc3[nH]c(-c4cccc(-c5cccc6ccccc56)c4O)nc32)c1. The number of imidazole rings is 1. The summed E-state index contributed by atoms with van der Waals surface area (Å²) in [5.74, 6) is 0.128. The van der Waals surface area contributed by atoms with E-state index in [9.17, 15) is 23.2 Å². The van der Waals surface area contributed by atoms with Gasteiger partial charge < -0.3 is 15.2 Å². The molecule has 0 aliphatic heterocycles. The number of phenols is 2. The number of aromatic nitrogens is 2. The second kappa shape index (κ2) is 7.56. The predicted octanol–water partition coefficient (Wildman–Crippen LogP) is 5.86. The second-order valence-corrected chi connectivity index (χ2v) is 9.71. The Kier molecular flexibility index (Phi) is 4.57. The molecule has 4 N–H and O–H groups in total. The lowest BCUT2D eigenvalue weighted by molar-refractivity contribution is 0.471. The Labute approximate surface area is 199 Å². The first-order chi connectivity index (χ1) is 16.8. The van der Waals surface area contributed by atoms with Crippen molar-refractivity contribution in [3.05, 3.63) is 84.9 Å². The van der Waals surface area contributed by atoms with Gasteiger partial charge in [0, 0.05) is 11.6 Å². The number of aromatic hydroxyl groups is 2. The van der Waals surface area contributed by atoms with Crippen LogP contribution < -0.4 is 0 Å². The highest BCUT2D eigenvalue weighted by molar-refractivity contribution is 7.85. The summed E-state index contributed by atoms with van der Waals surface area (Å²) in [6.45, 7) is 0. The standard InChI is InChI=1S/C27H18N2O5S/c30-23-14-17(35(32,33)34)13-16-11-12-22-25(24(16)23)29-27(28-22)21-10-4-9-20(26(21)31)19-8-3-6-15-5-1-2-7-18(15)19/h1-14,30-31H,(H,28,29)(H,32,33,34). The van der Waals surface area contributed by atoms with Crippen molar-refractivity contribution >= 4 is 42.7 Å². The van der Waals surface area contributed by atoms with Crippen LogP contribution in [0.15, 0.2) is 89.8 Å². The molecule has 0 aliphatic rings. The minimum atomic E-state index is -4.48. The van der Waals surface area contributed by atoms with Gasteiger partial charge in [-0.15, -0.1) is 0 Å². The number of rotatable bonds is 3. The molecule has 0 radical (unpaired) electrons. The number of H-pyrrole nitrogens is 1. The van der Waals surface area contributed by atoms with Crippen molar-refractivity contribution in [1.29, 1.82) is 0 Å². The normalized spacial score (nSPS) is 12.0. The van der Waals surface area contributed by atoms with Gasteiger partial charge >= 0.3 is 0 Å². The van der Waals surface area contributed by atoms with Crippen molar-refractivity contribution in [3.8, 4) is 34.0 Å². The molecule has 172 valence electrons. The fourth-order valence-corrected chi connectivity index (χ4v) is 5.11. The van der Waals surface area contributed by atoms with E-state index in [4.69, 9.17) is 0 Å². The lowest BCUT2D eigenvalue weighted by atomic mass is 9.96. The molecule has 1 heterocycles. The van der Waals surface area contributed by atoms with Crippen molar-refractivity contribution in [3.63, 3.8) is 0 Å². The number of nitrogens with one attached hydrogen (secondary N) is 1. The number of hydrogen-bond donors (Lipinski definition) is 4. The van der Waals surface area contributed by atoms with Crippen LogP contribution >= 0.6 is 0 Å². The van der Waals surface area contributed by atoms with E-state index < -0.39 is 15.0 Å². The maximum atomic E-state index is 11.5. The first-order valence-corrected chi connectivity index (χ1v) is 12.2. The zero-order valence-electron chi connectivity index (χ0n) is 18.1. The van der Waals surface area contributed by atoms with E-state index in [0.717, 1.165) is 22.4 Å². The minimum absolute atomic E-state index is 0.0603. The van der Waals surface area contributed by atoms with Gasteiger partial charge in [0.2, 0.25) is 0 Å². The van der Waals surface area contributed by atoms with E-state index in [1.54, 1.807) is 18.2 Å². The molecule has 0 unspecified atom stereocenters. The lowest BCUT2D eigenvalue weighted by Crippen LogP contribution is -1.97. The van der Waals surface area contributed by atoms with E-state index in [2.05, 4.69) is 9.97 Å². The van der Waals surface area contributed by atoms with Gasteiger partial charge in [-0.05, 0) is 39.9 Å². The molecule has 6 aromatic rings. The molecule has 7 nitrogen and oxygen atoms in total. The smallest absolute Gasteiger partial charge is 0.294 e. The Morgan fingerprint density at radius 2 is 1.46 bits per heavy atom. The fourth-order valence-electron chi connectivity index (χ4n) is 4.57. The Balaban J connectivity index is 1.55. The molecular weight excluding hydrogens is 464 g/mol. The Morgan fingerprint density at radius 3 is 2.29 bits per heavy atom. The molecule has 0 saturated carbocycles. The topological polar surface area (TPSA) is 124 Å². The molecule has 0 bridgehead atoms. The first kappa shape index (κ1) is 21.2. The highest BCUT2D eigenvalue weighted by atomic mass is 32.2. The molecule has 0 amide bonds. The third-order valence-electron chi connectivity index (χ3n) is 6.19. The molecule has 6 rings (SSSR count). The average Bonchev–Trinajstić information content (AvgIpc) is 3.27. The molecule has 0 saturated heterocycles. The monoisotopic (exact) mass is 482 g/mol. The van der Waals surface area contributed by atoms with Gasteiger partial charge in [-0.3, -0.25) is 4.55 Å². The van der Waals surface area contributed by atoms with Crippen LogP contribution in [0.25, 0.3) is 55.1 Å². The van der Waals surface area contributed by atoms with E-state index in [1.165, 1.54) is 6.07 Å². The van der Waals surface area contributed by atoms with Crippen LogP contribution in [0.1, 0.15) is 0 Å². The number of para-hydroxylation sites is 1. The molecule has 0 atom stereocenters. The van der Waals surface area contributed by atoms with Gasteiger partial charge in [-0.1, -0.05) is 60.7 Å². The van der Waals surface area contributed by atoms with Crippen LogP contribution in [0.3, 0.4) is 0 Å². The number of hydrogen-bond acceptors (Lipinski definition) is 5. The van der Waals surface area contributed by atoms with Gasteiger partial charge in [0.25, 0.3) is 10.1 Å². The summed E-state index contributed by atoms with van der Waals surface area (Å²) in [4.78, 5) is 7.41. The molecular formula is C27H18N2O5S. The van der Waals surface area contributed by atoms with Crippen LogP contribution in [0, 0.1) is 0 Å². The molecule has 1 aromatic heterocycles. The number of phenolic OH excluding ortho intramolecular Hbond substituents is 2. The quantitative estimate of drug-likeness (QED) is 0.234. The van der Waals surface area contributed by atoms with E-state index in [0.29, 0.717) is 38.8 Å². The van der Waals surface area contributed by atoms with Crippen LogP contribution in [-0.4, -0.2) is 33.2 Å². The van der Waals surface area contributed by atoms with Crippen LogP contribution in [0.4, 0.5) is 0 Å². The number of nitrogens with zero attached hydrogens (tertiary/aromatic N) is 1. The number of benzene rings is 5. The molecule has 8 heteroatoms. The Hall–Kier alpha value is -4.40. The average molecular weight is 483 g/mol. The van der Waals surface area contributed by atoms with Crippen molar-refractivity contribution in [1.82, 2.24) is 9.97 Å². The van der Waals surface area contributed by atoms with Crippen molar-refractivity contribution in [2.24, 2.45) is 0 Å². The third kappa shape index (κ3) is 3.39. The largest absolute Gasteiger partial charge is 0.507 e. The maximum Gasteiger partial charge on any atom is 0.294 e. The summed E-state index contributed by atoms with van der Waals surface area (Å²) in [5.41, 5.74) is 3.03. The minimum Gasteiger partial charge on any atom is -0.507 e. The Morgan fingerprint density at radius 1 is 0.743 bits per heavy atom. The lowest BCUT2D eigenvalue weighted by Gasteiger charge is -2.11. The highest BCUT2D eigenvalue weighted by Gasteiger charge is 2.19. The van der Waals surface area contributed by atoms with Crippen molar-refractivity contribution < 1.29 is 23.2 Å². The summed E-state index contributed by atoms with van der Waals surface area (Å²) < 4.78 is 32.5. The van der Waals surface area contributed by atoms with E-state index >= 15 is 0 Å². The van der Waals surface area contributed by atoms with Crippen LogP contribution in [0.2, 0.25) is 0 Å². The molecule has 35 heavy (non-hydrogen) atoms.